The number of aromatic nitrogens is 1. The third kappa shape index (κ3) is 3.13. The normalized spacial score (nSPS) is 11.6. The van der Waals surface area contributed by atoms with Crippen molar-refractivity contribution in [2.24, 2.45) is 0 Å². The van der Waals surface area contributed by atoms with E-state index in [1.54, 1.807) is 13.8 Å². The van der Waals surface area contributed by atoms with E-state index in [9.17, 15) is 12.8 Å². The molecule has 0 amide bonds. The molecule has 8 heteroatoms. The van der Waals surface area contributed by atoms with Gasteiger partial charge in [-0.3, -0.25) is 4.72 Å². The lowest BCUT2D eigenvalue weighted by Crippen LogP contribution is -2.15. The predicted octanol–water partition coefficient (Wildman–Crippen LogP) is 3.46. The van der Waals surface area contributed by atoms with Crippen LogP contribution in [0.15, 0.2) is 27.0 Å². The molecule has 2 rings (SSSR count). The van der Waals surface area contributed by atoms with Crippen LogP contribution >= 0.6 is 27.3 Å². The fourth-order valence-corrected chi connectivity index (χ4v) is 4.59. The van der Waals surface area contributed by atoms with Crippen molar-refractivity contribution in [3.05, 3.63) is 39.1 Å². The number of anilines is 1. The van der Waals surface area contributed by atoms with Crippen molar-refractivity contribution in [2.45, 2.75) is 18.7 Å². The van der Waals surface area contributed by atoms with Crippen LogP contribution in [-0.2, 0) is 10.0 Å². The van der Waals surface area contributed by atoms with Crippen LogP contribution in [0.25, 0.3) is 0 Å². The summed E-state index contributed by atoms with van der Waals surface area (Å²) in [5, 5.41) is 0.259. The minimum absolute atomic E-state index is 0.0835. The Bertz CT molecular complexity index is 705. The van der Waals surface area contributed by atoms with Crippen LogP contribution in [0.5, 0.6) is 0 Å². The van der Waals surface area contributed by atoms with E-state index in [0.29, 0.717) is 11.1 Å². The fourth-order valence-electron chi connectivity index (χ4n) is 1.79. The van der Waals surface area contributed by atoms with Crippen LogP contribution in [0.2, 0.25) is 0 Å². The molecule has 0 saturated heterocycles. The molecule has 0 atom stereocenters. The summed E-state index contributed by atoms with van der Waals surface area (Å²) in [6, 6.07) is 2.39. The number of nitrogens with zero attached hydrogens (tertiary/aromatic N) is 1. The van der Waals surface area contributed by atoms with E-state index < -0.39 is 15.8 Å². The molecule has 1 aromatic heterocycles. The summed E-state index contributed by atoms with van der Waals surface area (Å²) >= 11 is 4.37. The van der Waals surface area contributed by atoms with Crippen LogP contribution in [-0.4, -0.2) is 13.4 Å². The van der Waals surface area contributed by atoms with Crippen LogP contribution in [0.4, 0.5) is 9.52 Å². The van der Waals surface area contributed by atoms with Gasteiger partial charge in [-0.2, -0.15) is 0 Å². The number of thiazole rings is 1. The van der Waals surface area contributed by atoms with E-state index in [4.69, 9.17) is 0 Å². The Morgan fingerprint density at radius 1 is 1.32 bits per heavy atom. The molecule has 0 radical (unpaired) electrons. The topological polar surface area (TPSA) is 59.1 Å². The Morgan fingerprint density at radius 2 is 1.89 bits per heavy atom. The summed E-state index contributed by atoms with van der Waals surface area (Å²) in [6.07, 6.45) is 1.51. The highest BCUT2D eigenvalue weighted by Crippen LogP contribution is 2.28. The molecule has 0 saturated carbocycles. The lowest BCUT2D eigenvalue weighted by molar-refractivity contribution is 0.597. The standard InChI is InChI=1S/C11H10BrFN2O2S2/c1-6-3-8(13)4-7(2)10(6)19(16,17)15-11-14-5-9(12)18-11/h3-5H,1-2H3,(H,14,15). The summed E-state index contributed by atoms with van der Waals surface area (Å²) in [4.78, 5) is 3.99. The number of hydrogen-bond acceptors (Lipinski definition) is 4. The van der Waals surface area contributed by atoms with E-state index in [-0.39, 0.29) is 10.0 Å². The van der Waals surface area contributed by atoms with E-state index in [1.165, 1.54) is 29.7 Å². The van der Waals surface area contributed by atoms with Gasteiger partial charge in [-0.05, 0) is 53.0 Å². The van der Waals surface area contributed by atoms with Crippen molar-refractivity contribution in [3.63, 3.8) is 0 Å². The number of nitrogens with one attached hydrogen (secondary N) is 1. The molecule has 0 aliphatic heterocycles. The number of sulfonamides is 1. The van der Waals surface area contributed by atoms with Crippen molar-refractivity contribution in [2.75, 3.05) is 4.72 Å². The second-order valence-electron chi connectivity index (χ2n) is 3.94. The molecule has 4 nitrogen and oxygen atoms in total. The van der Waals surface area contributed by atoms with Crippen molar-refractivity contribution in [1.82, 2.24) is 4.98 Å². The third-order valence-corrected chi connectivity index (χ3v) is 5.56. The van der Waals surface area contributed by atoms with Crippen LogP contribution < -0.4 is 4.72 Å². The Kier molecular flexibility index (Phi) is 3.93. The molecule has 0 fully saturated rings. The second-order valence-corrected chi connectivity index (χ2v) is 7.97. The highest BCUT2D eigenvalue weighted by Gasteiger charge is 2.21. The van der Waals surface area contributed by atoms with E-state index in [1.807, 2.05) is 0 Å². The molecule has 0 aliphatic carbocycles. The van der Waals surface area contributed by atoms with Gasteiger partial charge in [-0.1, -0.05) is 11.3 Å². The first kappa shape index (κ1) is 14.4. The van der Waals surface area contributed by atoms with Crippen LogP contribution in [0, 0.1) is 19.7 Å². The molecule has 1 aromatic carbocycles. The average molecular weight is 365 g/mol. The molecule has 0 spiro atoms. The predicted molar refractivity (Wildman–Crippen MR) is 76.5 cm³/mol. The first-order valence-corrected chi connectivity index (χ1v) is 8.30. The van der Waals surface area contributed by atoms with Gasteiger partial charge in [0.05, 0.1) is 14.9 Å². The van der Waals surface area contributed by atoms with E-state index in [0.717, 1.165) is 3.79 Å². The number of benzene rings is 1. The Labute approximate surface area is 122 Å². The highest BCUT2D eigenvalue weighted by atomic mass is 79.9. The largest absolute Gasteiger partial charge is 0.264 e. The first-order valence-electron chi connectivity index (χ1n) is 5.20. The molecular weight excluding hydrogens is 355 g/mol. The fraction of sp³-hybridized carbons (Fsp3) is 0.182. The van der Waals surface area contributed by atoms with Crippen molar-refractivity contribution in [3.8, 4) is 0 Å². The molecule has 1 heterocycles. The summed E-state index contributed by atoms with van der Waals surface area (Å²) in [6.45, 7) is 3.12. The average Bonchev–Trinajstić information content (AvgIpc) is 2.60. The summed E-state index contributed by atoms with van der Waals surface area (Å²) in [5.41, 5.74) is 0.723. The zero-order valence-corrected chi connectivity index (χ0v) is 13.3. The lowest BCUT2D eigenvalue weighted by Gasteiger charge is -2.11. The number of halogens is 2. The summed E-state index contributed by atoms with van der Waals surface area (Å²) in [5.74, 6) is -0.453. The summed E-state index contributed by atoms with van der Waals surface area (Å²) < 4.78 is 40.9. The van der Waals surface area contributed by atoms with Gasteiger partial charge < -0.3 is 0 Å². The van der Waals surface area contributed by atoms with Crippen molar-refractivity contribution >= 4 is 42.4 Å². The quantitative estimate of drug-likeness (QED) is 0.906. The maximum atomic E-state index is 13.2. The molecule has 2 aromatic rings. The second kappa shape index (κ2) is 5.18. The van der Waals surface area contributed by atoms with E-state index in [2.05, 4.69) is 25.6 Å². The van der Waals surface area contributed by atoms with Gasteiger partial charge in [0, 0.05) is 0 Å². The smallest absolute Gasteiger partial charge is 0.255 e. The van der Waals surface area contributed by atoms with Gasteiger partial charge in [0.2, 0.25) is 0 Å². The zero-order chi connectivity index (χ0) is 14.2. The van der Waals surface area contributed by atoms with Gasteiger partial charge in [0.1, 0.15) is 5.82 Å². The monoisotopic (exact) mass is 364 g/mol. The minimum atomic E-state index is -3.77. The van der Waals surface area contributed by atoms with Gasteiger partial charge in [-0.25, -0.2) is 17.8 Å². The maximum Gasteiger partial charge on any atom is 0.264 e. The zero-order valence-electron chi connectivity index (χ0n) is 10.1. The highest BCUT2D eigenvalue weighted by molar-refractivity contribution is 9.11. The van der Waals surface area contributed by atoms with Crippen LogP contribution in [0.1, 0.15) is 11.1 Å². The molecule has 0 bridgehead atoms. The van der Waals surface area contributed by atoms with Gasteiger partial charge in [0.25, 0.3) is 10.0 Å². The Balaban J connectivity index is 2.45. The van der Waals surface area contributed by atoms with E-state index >= 15 is 0 Å². The third-order valence-electron chi connectivity index (χ3n) is 2.39. The summed E-state index contributed by atoms with van der Waals surface area (Å²) in [7, 11) is -3.77. The van der Waals surface area contributed by atoms with Crippen LogP contribution in [0.3, 0.4) is 0 Å². The molecule has 0 aliphatic rings. The lowest BCUT2D eigenvalue weighted by atomic mass is 10.1. The molecule has 19 heavy (non-hydrogen) atoms. The minimum Gasteiger partial charge on any atom is -0.255 e. The molecule has 0 unspecified atom stereocenters. The maximum absolute atomic E-state index is 13.2. The van der Waals surface area contributed by atoms with Crippen molar-refractivity contribution in [1.29, 1.82) is 0 Å². The van der Waals surface area contributed by atoms with Gasteiger partial charge in [-0.15, -0.1) is 0 Å². The number of hydrogen-bond donors (Lipinski definition) is 1. The van der Waals surface area contributed by atoms with Gasteiger partial charge in [0.15, 0.2) is 5.13 Å². The van der Waals surface area contributed by atoms with Crippen molar-refractivity contribution < 1.29 is 12.8 Å². The molecule has 102 valence electrons. The Hall–Kier alpha value is -0.990. The van der Waals surface area contributed by atoms with Gasteiger partial charge >= 0.3 is 0 Å². The Morgan fingerprint density at radius 3 is 2.37 bits per heavy atom. The molecule has 1 N–H and O–H groups in total. The SMILES string of the molecule is Cc1cc(F)cc(C)c1S(=O)(=O)Nc1ncc(Br)s1. The molecular formula is C11H10BrFN2O2S2. The number of aryl methyl sites for hydroxylation is 2. The first-order chi connectivity index (χ1) is 8.79. The number of rotatable bonds is 3.